The molecule has 0 bridgehead atoms. The van der Waals surface area contributed by atoms with Crippen molar-refractivity contribution >= 4 is 23.3 Å². The number of rotatable bonds is 2. The van der Waals surface area contributed by atoms with Crippen molar-refractivity contribution < 1.29 is 14.4 Å². The molecule has 1 aliphatic carbocycles. The molecular formula is C15H15NO3. The highest BCUT2D eigenvalue weighted by atomic mass is 16.2. The SMILES string of the molecule is O=C1CCC[C@@H]1[C@H]1CC(=O)N(c2ccccc2)C1=O. The second kappa shape index (κ2) is 4.61. The van der Waals surface area contributed by atoms with E-state index in [2.05, 4.69) is 0 Å². The Kier molecular flexibility index (Phi) is 2.93. The Morgan fingerprint density at radius 3 is 2.37 bits per heavy atom. The number of para-hydroxylation sites is 1. The second-order valence-electron chi connectivity index (χ2n) is 5.18. The Morgan fingerprint density at radius 1 is 1.00 bits per heavy atom. The molecule has 2 amide bonds. The van der Waals surface area contributed by atoms with Crippen LogP contribution in [-0.2, 0) is 14.4 Å². The Bertz CT molecular complexity index is 538. The molecule has 1 aliphatic heterocycles. The molecular weight excluding hydrogens is 242 g/mol. The maximum Gasteiger partial charge on any atom is 0.238 e. The van der Waals surface area contributed by atoms with Crippen molar-refractivity contribution in [2.24, 2.45) is 11.8 Å². The quantitative estimate of drug-likeness (QED) is 0.761. The average Bonchev–Trinajstić information content (AvgIpc) is 2.94. The van der Waals surface area contributed by atoms with Crippen LogP contribution in [0.1, 0.15) is 25.7 Å². The van der Waals surface area contributed by atoms with Crippen LogP contribution >= 0.6 is 0 Å². The molecule has 2 aliphatic rings. The van der Waals surface area contributed by atoms with Gasteiger partial charge in [-0.15, -0.1) is 0 Å². The molecule has 1 heterocycles. The second-order valence-corrected chi connectivity index (χ2v) is 5.18. The number of nitrogens with zero attached hydrogens (tertiary/aromatic N) is 1. The van der Waals surface area contributed by atoms with Crippen LogP contribution in [0.25, 0.3) is 0 Å². The number of hydrogen-bond donors (Lipinski definition) is 0. The number of Topliss-reactive ketones (excluding diaryl/α,β-unsaturated/α-hetero) is 1. The van der Waals surface area contributed by atoms with Gasteiger partial charge in [0.2, 0.25) is 11.8 Å². The van der Waals surface area contributed by atoms with E-state index in [0.717, 1.165) is 12.8 Å². The first-order valence-electron chi connectivity index (χ1n) is 6.63. The highest BCUT2D eigenvalue weighted by Gasteiger charge is 2.46. The van der Waals surface area contributed by atoms with E-state index in [1.165, 1.54) is 4.90 Å². The molecule has 4 nitrogen and oxygen atoms in total. The lowest BCUT2D eigenvalue weighted by Gasteiger charge is -2.17. The Morgan fingerprint density at radius 2 is 1.74 bits per heavy atom. The lowest BCUT2D eigenvalue weighted by molar-refractivity contribution is -0.129. The summed E-state index contributed by atoms with van der Waals surface area (Å²) in [7, 11) is 0. The zero-order chi connectivity index (χ0) is 13.4. The third kappa shape index (κ3) is 1.97. The van der Waals surface area contributed by atoms with Crippen LogP contribution in [-0.4, -0.2) is 17.6 Å². The lowest BCUT2D eigenvalue weighted by Crippen LogP contribution is -2.33. The minimum atomic E-state index is -0.442. The zero-order valence-corrected chi connectivity index (χ0v) is 10.5. The van der Waals surface area contributed by atoms with Crippen LogP contribution in [0, 0.1) is 11.8 Å². The van der Waals surface area contributed by atoms with Gasteiger partial charge < -0.3 is 0 Å². The summed E-state index contributed by atoms with van der Waals surface area (Å²) in [6, 6.07) is 8.92. The maximum atomic E-state index is 12.4. The van der Waals surface area contributed by atoms with Crippen LogP contribution in [0.2, 0.25) is 0 Å². The van der Waals surface area contributed by atoms with E-state index < -0.39 is 5.92 Å². The summed E-state index contributed by atoms with van der Waals surface area (Å²) in [5, 5.41) is 0. The summed E-state index contributed by atoms with van der Waals surface area (Å²) < 4.78 is 0. The first-order valence-corrected chi connectivity index (χ1v) is 6.63. The highest BCUT2D eigenvalue weighted by Crippen LogP contribution is 2.37. The van der Waals surface area contributed by atoms with Gasteiger partial charge in [0.1, 0.15) is 5.78 Å². The maximum absolute atomic E-state index is 12.4. The number of anilines is 1. The molecule has 19 heavy (non-hydrogen) atoms. The van der Waals surface area contributed by atoms with E-state index in [0.29, 0.717) is 12.1 Å². The van der Waals surface area contributed by atoms with Crippen molar-refractivity contribution in [2.75, 3.05) is 4.90 Å². The van der Waals surface area contributed by atoms with Gasteiger partial charge in [-0.1, -0.05) is 18.2 Å². The van der Waals surface area contributed by atoms with Gasteiger partial charge in [0.15, 0.2) is 0 Å². The molecule has 0 N–H and O–H groups in total. The summed E-state index contributed by atoms with van der Waals surface area (Å²) in [5.41, 5.74) is 0.602. The molecule has 98 valence electrons. The van der Waals surface area contributed by atoms with Crippen LogP contribution in [0.5, 0.6) is 0 Å². The topological polar surface area (TPSA) is 54.5 Å². The lowest BCUT2D eigenvalue weighted by atomic mass is 9.89. The number of amides is 2. The van der Waals surface area contributed by atoms with Crippen molar-refractivity contribution in [3.63, 3.8) is 0 Å². The van der Waals surface area contributed by atoms with Crippen molar-refractivity contribution in [3.05, 3.63) is 30.3 Å². The summed E-state index contributed by atoms with van der Waals surface area (Å²) in [6.45, 7) is 0. The van der Waals surface area contributed by atoms with E-state index in [1.807, 2.05) is 6.07 Å². The van der Waals surface area contributed by atoms with E-state index in [-0.39, 0.29) is 29.9 Å². The summed E-state index contributed by atoms with van der Waals surface area (Å²) >= 11 is 0. The van der Waals surface area contributed by atoms with Gasteiger partial charge in [-0.25, -0.2) is 0 Å². The monoisotopic (exact) mass is 257 g/mol. The Hall–Kier alpha value is -1.97. The Labute approximate surface area is 111 Å². The van der Waals surface area contributed by atoms with Gasteiger partial charge in [0, 0.05) is 18.8 Å². The molecule has 1 saturated carbocycles. The van der Waals surface area contributed by atoms with E-state index in [9.17, 15) is 14.4 Å². The summed E-state index contributed by atoms with van der Waals surface area (Å²) in [4.78, 5) is 37.5. The number of imide groups is 1. The molecule has 1 saturated heterocycles. The fraction of sp³-hybridized carbons (Fsp3) is 0.400. The molecule has 1 aromatic rings. The predicted molar refractivity (Wildman–Crippen MR) is 69.4 cm³/mol. The van der Waals surface area contributed by atoms with Gasteiger partial charge in [0.25, 0.3) is 0 Å². The van der Waals surface area contributed by atoms with Crippen LogP contribution < -0.4 is 4.90 Å². The minimum Gasteiger partial charge on any atom is -0.299 e. The third-order valence-corrected chi connectivity index (χ3v) is 4.03. The van der Waals surface area contributed by atoms with Crippen LogP contribution in [0.15, 0.2) is 30.3 Å². The zero-order valence-electron chi connectivity index (χ0n) is 10.5. The van der Waals surface area contributed by atoms with E-state index >= 15 is 0 Å². The first kappa shape index (κ1) is 12.1. The Balaban J connectivity index is 1.87. The summed E-state index contributed by atoms with van der Waals surface area (Å²) in [5.74, 6) is -0.953. The van der Waals surface area contributed by atoms with Crippen molar-refractivity contribution in [1.82, 2.24) is 0 Å². The summed E-state index contributed by atoms with van der Waals surface area (Å²) in [6.07, 6.45) is 2.30. The number of ketones is 1. The molecule has 4 heteroatoms. The largest absolute Gasteiger partial charge is 0.299 e. The number of carbonyl (C=O) groups excluding carboxylic acids is 3. The highest BCUT2D eigenvalue weighted by molar-refractivity contribution is 6.21. The molecule has 3 rings (SSSR count). The first-order chi connectivity index (χ1) is 9.18. The smallest absolute Gasteiger partial charge is 0.238 e. The van der Waals surface area contributed by atoms with Gasteiger partial charge in [-0.2, -0.15) is 0 Å². The molecule has 2 atom stereocenters. The van der Waals surface area contributed by atoms with Gasteiger partial charge in [0.05, 0.1) is 11.6 Å². The van der Waals surface area contributed by atoms with Gasteiger partial charge in [-0.05, 0) is 25.0 Å². The third-order valence-electron chi connectivity index (χ3n) is 4.03. The molecule has 0 radical (unpaired) electrons. The number of hydrogen-bond acceptors (Lipinski definition) is 3. The fourth-order valence-corrected chi connectivity index (χ4v) is 3.09. The number of benzene rings is 1. The number of carbonyl (C=O) groups is 3. The average molecular weight is 257 g/mol. The minimum absolute atomic E-state index is 0.140. The molecule has 1 aromatic carbocycles. The van der Waals surface area contributed by atoms with Crippen LogP contribution in [0.3, 0.4) is 0 Å². The van der Waals surface area contributed by atoms with Crippen molar-refractivity contribution in [1.29, 1.82) is 0 Å². The molecule has 2 fully saturated rings. The van der Waals surface area contributed by atoms with Crippen molar-refractivity contribution in [2.45, 2.75) is 25.7 Å². The van der Waals surface area contributed by atoms with Crippen molar-refractivity contribution in [3.8, 4) is 0 Å². The van der Waals surface area contributed by atoms with E-state index in [1.54, 1.807) is 24.3 Å². The molecule has 0 aromatic heterocycles. The predicted octanol–water partition coefficient (Wildman–Crippen LogP) is 1.94. The fourth-order valence-electron chi connectivity index (χ4n) is 3.09. The molecule has 0 unspecified atom stereocenters. The van der Waals surface area contributed by atoms with Crippen LogP contribution in [0.4, 0.5) is 5.69 Å². The molecule has 0 spiro atoms. The van der Waals surface area contributed by atoms with Gasteiger partial charge in [-0.3, -0.25) is 19.3 Å². The standard InChI is InChI=1S/C15H15NO3/c17-13-8-4-7-11(13)12-9-14(18)16(15(12)19)10-5-2-1-3-6-10/h1-3,5-6,11-12H,4,7-9H2/t11-,12-/m1/s1. The van der Waals surface area contributed by atoms with Gasteiger partial charge >= 0.3 is 0 Å². The van der Waals surface area contributed by atoms with E-state index in [4.69, 9.17) is 0 Å². The normalized spacial score (nSPS) is 27.4.